The molecule has 1 aromatic heterocycles. The minimum Gasteiger partial charge on any atom is -0.310 e. The predicted octanol–water partition coefficient (Wildman–Crippen LogP) is 3.27. The van der Waals surface area contributed by atoms with Crippen molar-refractivity contribution in [3.05, 3.63) is 41.5 Å². The fraction of sp³-hybridized carbons (Fsp3) is 0.438. The van der Waals surface area contributed by atoms with E-state index in [1.807, 2.05) is 23.9 Å². The number of hydrogen-bond donors (Lipinski definition) is 1. The van der Waals surface area contributed by atoms with Crippen molar-refractivity contribution in [3.8, 4) is 11.1 Å². The summed E-state index contributed by atoms with van der Waals surface area (Å²) >= 11 is 0. The van der Waals surface area contributed by atoms with Crippen molar-refractivity contribution in [3.63, 3.8) is 0 Å². The Morgan fingerprint density at radius 3 is 2.80 bits per heavy atom. The molecule has 0 spiro atoms. The molecule has 3 nitrogen and oxygen atoms in total. The van der Waals surface area contributed by atoms with Crippen LogP contribution in [-0.4, -0.2) is 15.8 Å². The second kappa shape index (κ2) is 5.37. The molecule has 0 bridgehead atoms. The van der Waals surface area contributed by atoms with Crippen LogP contribution in [0.4, 0.5) is 4.39 Å². The van der Waals surface area contributed by atoms with E-state index in [0.717, 1.165) is 35.5 Å². The van der Waals surface area contributed by atoms with E-state index in [2.05, 4.69) is 17.3 Å². The first-order chi connectivity index (χ1) is 9.69. The zero-order valence-electron chi connectivity index (χ0n) is 12.0. The Hall–Kier alpha value is -1.68. The second-order valence-corrected chi connectivity index (χ2v) is 5.42. The Kier molecular flexibility index (Phi) is 3.57. The molecule has 0 unspecified atom stereocenters. The van der Waals surface area contributed by atoms with Crippen LogP contribution in [0.15, 0.2) is 24.4 Å². The van der Waals surface area contributed by atoms with Gasteiger partial charge in [-0.1, -0.05) is 6.07 Å². The minimum absolute atomic E-state index is 0.196. The standard InChI is InChI=1S/C16H20FN3/c1-3-20-11(2)16(10-19-20)15-8-13(17)5-4-12(15)9-18-14-6-7-14/h4-5,8,10,14,18H,3,6-7,9H2,1-2H3. The van der Waals surface area contributed by atoms with Crippen molar-refractivity contribution in [2.45, 2.75) is 45.8 Å². The van der Waals surface area contributed by atoms with Crippen molar-refractivity contribution < 1.29 is 4.39 Å². The summed E-state index contributed by atoms with van der Waals surface area (Å²) in [6.07, 6.45) is 4.35. The third-order valence-corrected chi connectivity index (χ3v) is 3.92. The fourth-order valence-corrected chi connectivity index (χ4v) is 2.53. The van der Waals surface area contributed by atoms with Crippen LogP contribution in [0.3, 0.4) is 0 Å². The highest BCUT2D eigenvalue weighted by atomic mass is 19.1. The molecule has 1 saturated carbocycles. The number of aromatic nitrogens is 2. The van der Waals surface area contributed by atoms with Gasteiger partial charge in [0, 0.05) is 30.4 Å². The lowest BCUT2D eigenvalue weighted by molar-refractivity contribution is 0.625. The topological polar surface area (TPSA) is 29.9 Å². The molecule has 1 aliphatic rings. The number of nitrogens with one attached hydrogen (secondary N) is 1. The monoisotopic (exact) mass is 273 g/mol. The van der Waals surface area contributed by atoms with Crippen molar-refractivity contribution in [1.29, 1.82) is 0 Å². The SMILES string of the molecule is CCn1ncc(-c2cc(F)ccc2CNC2CC2)c1C. The second-order valence-electron chi connectivity index (χ2n) is 5.42. The van der Waals surface area contributed by atoms with E-state index >= 15 is 0 Å². The first-order valence-corrected chi connectivity index (χ1v) is 7.23. The molecule has 1 aliphatic carbocycles. The van der Waals surface area contributed by atoms with Crippen LogP contribution in [0.5, 0.6) is 0 Å². The first-order valence-electron chi connectivity index (χ1n) is 7.23. The van der Waals surface area contributed by atoms with Crippen LogP contribution < -0.4 is 5.32 Å². The van der Waals surface area contributed by atoms with Crippen LogP contribution in [-0.2, 0) is 13.1 Å². The highest BCUT2D eigenvalue weighted by Gasteiger charge is 2.21. The molecule has 1 aromatic carbocycles. The number of hydrogen-bond acceptors (Lipinski definition) is 2. The van der Waals surface area contributed by atoms with Gasteiger partial charge in [0.2, 0.25) is 0 Å². The van der Waals surface area contributed by atoms with E-state index in [-0.39, 0.29) is 5.82 Å². The maximum absolute atomic E-state index is 13.6. The molecule has 0 saturated heterocycles. The molecule has 2 aromatic rings. The van der Waals surface area contributed by atoms with E-state index < -0.39 is 0 Å². The van der Waals surface area contributed by atoms with Gasteiger partial charge in [-0.15, -0.1) is 0 Å². The fourth-order valence-electron chi connectivity index (χ4n) is 2.53. The van der Waals surface area contributed by atoms with Gasteiger partial charge in [-0.3, -0.25) is 4.68 Å². The quantitative estimate of drug-likeness (QED) is 0.906. The van der Waals surface area contributed by atoms with Gasteiger partial charge in [0.25, 0.3) is 0 Å². The number of halogens is 1. The Morgan fingerprint density at radius 2 is 2.15 bits per heavy atom. The van der Waals surface area contributed by atoms with Crippen LogP contribution in [0.1, 0.15) is 31.0 Å². The van der Waals surface area contributed by atoms with Crippen molar-refractivity contribution in [1.82, 2.24) is 15.1 Å². The van der Waals surface area contributed by atoms with Crippen LogP contribution >= 0.6 is 0 Å². The lowest BCUT2D eigenvalue weighted by Gasteiger charge is -2.11. The highest BCUT2D eigenvalue weighted by Crippen LogP contribution is 2.28. The summed E-state index contributed by atoms with van der Waals surface area (Å²) in [5, 5.41) is 7.86. The number of aryl methyl sites for hydroxylation is 1. The lowest BCUT2D eigenvalue weighted by Crippen LogP contribution is -2.16. The first kappa shape index (κ1) is 13.3. The Labute approximate surface area is 118 Å². The van der Waals surface area contributed by atoms with Crippen molar-refractivity contribution in [2.24, 2.45) is 0 Å². The van der Waals surface area contributed by atoms with Gasteiger partial charge in [0.1, 0.15) is 5.82 Å². The molecule has 1 N–H and O–H groups in total. The van der Waals surface area contributed by atoms with E-state index in [1.54, 1.807) is 6.07 Å². The molecule has 0 amide bonds. The lowest BCUT2D eigenvalue weighted by atomic mass is 10.00. The van der Waals surface area contributed by atoms with E-state index in [1.165, 1.54) is 18.9 Å². The smallest absolute Gasteiger partial charge is 0.123 e. The maximum atomic E-state index is 13.6. The van der Waals surface area contributed by atoms with Crippen LogP contribution in [0.2, 0.25) is 0 Å². The zero-order chi connectivity index (χ0) is 14.1. The summed E-state index contributed by atoms with van der Waals surface area (Å²) in [5.74, 6) is -0.196. The largest absolute Gasteiger partial charge is 0.310 e. The van der Waals surface area contributed by atoms with Crippen molar-refractivity contribution >= 4 is 0 Å². The van der Waals surface area contributed by atoms with Gasteiger partial charge in [-0.2, -0.15) is 5.10 Å². The summed E-state index contributed by atoms with van der Waals surface area (Å²) in [4.78, 5) is 0. The van der Waals surface area contributed by atoms with Crippen LogP contribution in [0, 0.1) is 12.7 Å². The van der Waals surface area contributed by atoms with Gasteiger partial charge < -0.3 is 5.32 Å². The molecule has 4 heteroatoms. The summed E-state index contributed by atoms with van der Waals surface area (Å²) in [6.45, 7) is 5.72. The average molecular weight is 273 g/mol. The average Bonchev–Trinajstić information content (AvgIpc) is 3.20. The summed E-state index contributed by atoms with van der Waals surface area (Å²) < 4.78 is 15.6. The number of nitrogens with zero attached hydrogens (tertiary/aromatic N) is 2. The molecule has 1 heterocycles. The molecule has 106 valence electrons. The van der Waals surface area contributed by atoms with Gasteiger partial charge in [0.05, 0.1) is 6.20 Å². The Balaban J connectivity index is 1.96. The van der Waals surface area contributed by atoms with Gasteiger partial charge in [-0.05, 0) is 49.9 Å². The van der Waals surface area contributed by atoms with Crippen LogP contribution in [0.25, 0.3) is 11.1 Å². The van der Waals surface area contributed by atoms with Gasteiger partial charge in [0.15, 0.2) is 0 Å². The number of rotatable bonds is 5. The molecule has 20 heavy (non-hydrogen) atoms. The molecule has 0 aliphatic heterocycles. The molecule has 3 rings (SSSR count). The summed E-state index contributed by atoms with van der Waals surface area (Å²) in [7, 11) is 0. The Bertz CT molecular complexity index is 614. The van der Waals surface area contributed by atoms with Gasteiger partial charge >= 0.3 is 0 Å². The van der Waals surface area contributed by atoms with E-state index in [0.29, 0.717) is 6.04 Å². The van der Waals surface area contributed by atoms with E-state index in [4.69, 9.17) is 0 Å². The molecule has 1 fully saturated rings. The predicted molar refractivity (Wildman–Crippen MR) is 77.9 cm³/mol. The zero-order valence-corrected chi connectivity index (χ0v) is 12.0. The highest BCUT2D eigenvalue weighted by molar-refractivity contribution is 5.69. The minimum atomic E-state index is -0.196. The maximum Gasteiger partial charge on any atom is 0.123 e. The van der Waals surface area contributed by atoms with Crippen molar-refractivity contribution in [2.75, 3.05) is 0 Å². The molecular formula is C16H20FN3. The molecular weight excluding hydrogens is 253 g/mol. The third-order valence-electron chi connectivity index (χ3n) is 3.92. The summed E-state index contributed by atoms with van der Waals surface area (Å²) in [6, 6.07) is 5.68. The number of benzene rings is 1. The molecule has 0 atom stereocenters. The molecule has 0 radical (unpaired) electrons. The third kappa shape index (κ3) is 2.61. The summed E-state index contributed by atoms with van der Waals surface area (Å²) in [5.41, 5.74) is 4.21. The van der Waals surface area contributed by atoms with E-state index in [9.17, 15) is 4.39 Å². The Morgan fingerprint density at radius 1 is 1.35 bits per heavy atom. The normalized spacial score (nSPS) is 14.8. The van der Waals surface area contributed by atoms with Gasteiger partial charge in [-0.25, -0.2) is 4.39 Å².